The summed E-state index contributed by atoms with van der Waals surface area (Å²) in [5.41, 5.74) is 2.85. The third-order valence-electron chi connectivity index (χ3n) is 4.53. The summed E-state index contributed by atoms with van der Waals surface area (Å²) in [6.45, 7) is 1.66. The van der Waals surface area contributed by atoms with Gasteiger partial charge in [-0.3, -0.25) is 4.79 Å². The van der Waals surface area contributed by atoms with E-state index in [2.05, 4.69) is 5.32 Å². The molecular formula is C21H23NO5. The van der Waals surface area contributed by atoms with Gasteiger partial charge in [-0.05, 0) is 48.2 Å². The summed E-state index contributed by atoms with van der Waals surface area (Å²) in [4.78, 5) is 22.9. The first-order valence-corrected chi connectivity index (χ1v) is 9.01. The zero-order chi connectivity index (χ0) is 19.1. The topological polar surface area (TPSA) is 84.9 Å². The maximum Gasteiger partial charge on any atom is 0.341 e. The molecule has 142 valence electrons. The molecule has 2 aromatic carbocycles. The van der Waals surface area contributed by atoms with Crippen LogP contribution in [-0.4, -0.2) is 43.3 Å². The zero-order valence-electron chi connectivity index (χ0n) is 15.0. The monoisotopic (exact) mass is 369 g/mol. The van der Waals surface area contributed by atoms with E-state index in [4.69, 9.17) is 14.6 Å². The van der Waals surface area contributed by atoms with E-state index in [0.717, 1.165) is 30.8 Å². The van der Waals surface area contributed by atoms with Crippen LogP contribution in [0.2, 0.25) is 0 Å². The van der Waals surface area contributed by atoms with Gasteiger partial charge in [0.2, 0.25) is 0 Å². The largest absolute Gasteiger partial charge is 0.482 e. The van der Waals surface area contributed by atoms with Crippen LogP contribution >= 0.6 is 0 Å². The Bertz CT molecular complexity index is 781. The molecule has 6 nitrogen and oxygen atoms in total. The predicted molar refractivity (Wildman–Crippen MR) is 100 cm³/mol. The number of rotatable bonds is 8. The smallest absolute Gasteiger partial charge is 0.341 e. The fraction of sp³-hybridized carbons (Fsp3) is 0.333. The van der Waals surface area contributed by atoms with E-state index in [0.29, 0.717) is 30.2 Å². The number of carbonyl (C=O) groups excluding carboxylic acids is 1. The van der Waals surface area contributed by atoms with Gasteiger partial charge in [-0.25, -0.2) is 4.79 Å². The summed E-state index contributed by atoms with van der Waals surface area (Å²) >= 11 is 0. The Hall–Kier alpha value is -2.86. The van der Waals surface area contributed by atoms with Gasteiger partial charge in [0.25, 0.3) is 5.91 Å². The van der Waals surface area contributed by atoms with Crippen LogP contribution in [0.5, 0.6) is 5.75 Å². The number of hydrogen-bond acceptors (Lipinski definition) is 4. The van der Waals surface area contributed by atoms with Gasteiger partial charge in [-0.15, -0.1) is 0 Å². The minimum atomic E-state index is -1.01. The summed E-state index contributed by atoms with van der Waals surface area (Å²) in [6, 6.07) is 14.9. The maximum atomic E-state index is 12.4. The van der Waals surface area contributed by atoms with Crippen molar-refractivity contribution in [2.45, 2.75) is 18.8 Å². The SMILES string of the molecule is O=C(O)COc1ccc(CCNC(=O)c2cccc(C3CCOC3)c2)cc1. The van der Waals surface area contributed by atoms with Crippen molar-refractivity contribution in [3.8, 4) is 5.75 Å². The number of hydrogen-bond donors (Lipinski definition) is 2. The molecule has 1 amide bonds. The second-order valence-corrected chi connectivity index (χ2v) is 6.52. The van der Waals surface area contributed by atoms with Gasteiger partial charge in [-0.2, -0.15) is 0 Å². The molecule has 0 bridgehead atoms. The number of carboxylic acids is 1. The molecule has 1 fully saturated rings. The van der Waals surface area contributed by atoms with Crippen LogP contribution in [-0.2, 0) is 16.0 Å². The minimum Gasteiger partial charge on any atom is -0.482 e. The van der Waals surface area contributed by atoms with Crippen molar-refractivity contribution in [3.63, 3.8) is 0 Å². The molecule has 6 heteroatoms. The first-order valence-electron chi connectivity index (χ1n) is 9.01. The lowest BCUT2D eigenvalue weighted by molar-refractivity contribution is -0.139. The Morgan fingerprint density at radius 2 is 2.00 bits per heavy atom. The van der Waals surface area contributed by atoms with Crippen molar-refractivity contribution in [1.29, 1.82) is 0 Å². The highest BCUT2D eigenvalue weighted by Crippen LogP contribution is 2.25. The number of ether oxygens (including phenoxy) is 2. The highest BCUT2D eigenvalue weighted by molar-refractivity contribution is 5.94. The standard InChI is InChI=1S/C21H23NO5/c23-20(24)14-27-19-6-4-15(5-7-19)8-10-22-21(25)17-3-1-2-16(12-17)18-9-11-26-13-18/h1-7,12,18H,8-11,13-14H2,(H,22,25)(H,23,24). The van der Waals surface area contributed by atoms with E-state index >= 15 is 0 Å². The molecule has 0 aromatic heterocycles. The van der Waals surface area contributed by atoms with Gasteiger partial charge >= 0.3 is 5.97 Å². The van der Waals surface area contributed by atoms with Crippen LogP contribution in [0.15, 0.2) is 48.5 Å². The third kappa shape index (κ3) is 5.56. The average Bonchev–Trinajstić information content (AvgIpc) is 3.22. The van der Waals surface area contributed by atoms with E-state index in [9.17, 15) is 9.59 Å². The summed E-state index contributed by atoms with van der Waals surface area (Å²) in [5, 5.41) is 11.5. The van der Waals surface area contributed by atoms with Gasteiger partial charge < -0.3 is 19.9 Å². The molecule has 1 saturated heterocycles. The van der Waals surface area contributed by atoms with E-state index in [1.54, 1.807) is 12.1 Å². The van der Waals surface area contributed by atoms with Crippen molar-refractivity contribution in [3.05, 3.63) is 65.2 Å². The lowest BCUT2D eigenvalue weighted by atomic mass is 9.96. The number of carboxylic acid groups (broad SMARTS) is 1. The van der Waals surface area contributed by atoms with Gasteiger partial charge in [0, 0.05) is 24.6 Å². The summed E-state index contributed by atoms with van der Waals surface area (Å²) in [6.07, 6.45) is 1.68. The van der Waals surface area contributed by atoms with Crippen molar-refractivity contribution < 1.29 is 24.2 Å². The molecule has 2 N–H and O–H groups in total. The molecule has 0 aliphatic carbocycles. The van der Waals surface area contributed by atoms with Gasteiger partial charge in [0.15, 0.2) is 6.61 Å². The molecule has 27 heavy (non-hydrogen) atoms. The molecule has 0 radical (unpaired) electrons. The summed E-state index contributed by atoms with van der Waals surface area (Å²) in [7, 11) is 0. The van der Waals surface area contributed by atoms with Crippen LogP contribution in [0, 0.1) is 0 Å². The van der Waals surface area contributed by atoms with Gasteiger partial charge in [0.1, 0.15) is 5.75 Å². The van der Waals surface area contributed by atoms with Gasteiger partial charge in [-0.1, -0.05) is 24.3 Å². The normalized spacial score (nSPS) is 16.1. The second-order valence-electron chi connectivity index (χ2n) is 6.52. The fourth-order valence-corrected chi connectivity index (χ4v) is 3.05. The Labute approximate surface area is 158 Å². The molecule has 1 unspecified atom stereocenters. The van der Waals surface area contributed by atoms with E-state index in [-0.39, 0.29) is 12.5 Å². The molecule has 1 atom stereocenters. The van der Waals surface area contributed by atoms with Gasteiger partial charge in [0.05, 0.1) is 6.61 Å². The molecule has 0 spiro atoms. The lowest BCUT2D eigenvalue weighted by Crippen LogP contribution is -2.25. The predicted octanol–water partition coefficient (Wildman–Crippen LogP) is 2.63. The van der Waals surface area contributed by atoms with Crippen LogP contribution < -0.4 is 10.1 Å². The van der Waals surface area contributed by atoms with E-state index in [1.807, 2.05) is 36.4 Å². The molecule has 0 saturated carbocycles. The van der Waals surface area contributed by atoms with Crippen LogP contribution in [0.25, 0.3) is 0 Å². The van der Waals surface area contributed by atoms with E-state index in [1.165, 1.54) is 0 Å². The third-order valence-corrected chi connectivity index (χ3v) is 4.53. The Morgan fingerprint density at radius 3 is 2.70 bits per heavy atom. The Morgan fingerprint density at radius 1 is 1.19 bits per heavy atom. The molecule has 1 heterocycles. The first kappa shape index (κ1) is 18.9. The second kappa shape index (κ2) is 9.19. The molecule has 1 aliphatic rings. The zero-order valence-corrected chi connectivity index (χ0v) is 15.0. The van der Waals surface area contributed by atoms with Crippen molar-refractivity contribution in [2.75, 3.05) is 26.4 Å². The lowest BCUT2D eigenvalue weighted by Gasteiger charge is -2.11. The highest BCUT2D eigenvalue weighted by Gasteiger charge is 2.18. The van der Waals surface area contributed by atoms with Crippen LogP contribution in [0.3, 0.4) is 0 Å². The molecule has 2 aromatic rings. The Balaban J connectivity index is 1.48. The number of carbonyl (C=O) groups is 2. The average molecular weight is 369 g/mol. The van der Waals surface area contributed by atoms with E-state index < -0.39 is 5.97 Å². The van der Waals surface area contributed by atoms with Crippen LogP contribution in [0.1, 0.15) is 33.8 Å². The summed E-state index contributed by atoms with van der Waals surface area (Å²) in [5.74, 6) is -0.207. The molecule has 3 rings (SSSR count). The fourth-order valence-electron chi connectivity index (χ4n) is 3.05. The summed E-state index contributed by atoms with van der Waals surface area (Å²) < 4.78 is 10.5. The minimum absolute atomic E-state index is 0.0859. The number of aliphatic carboxylic acids is 1. The number of benzene rings is 2. The number of nitrogens with one attached hydrogen (secondary N) is 1. The maximum absolute atomic E-state index is 12.4. The highest BCUT2D eigenvalue weighted by atomic mass is 16.5. The molecular weight excluding hydrogens is 346 g/mol. The van der Waals surface area contributed by atoms with Crippen molar-refractivity contribution in [2.24, 2.45) is 0 Å². The first-order chi connectivity index (χ1) is 13.1. The molecule has 1 aliphatic heterocycles. The Kier molecular flexibility index (Phi) is 6.44. The quantitative estimate of drug-likeness (QED) is 0.747. The number of amides is 1. The van der Waals surface area contributed by atoms with Crippen molar-refractivity contribution >= 4 is 11.9 Å². The van der Waals surface area contributed by atoms with Crippen LogP contribution in [0.4, 0.5) is 0 Å². The van der Waals surface area contributed by atoms with Crippen molar-refractivity contribution in [1.82, 2.24) is 5.32 Å².